The highest BCUT2D eigenvalue weighted by Gasteiger charge is 2.51. The molecule has 2 unspecified atom stereocenters. The van der Waals surface area contributed by atoms with Crippen LogP contribution >= 0.6 is 54.5 Å². The standard InChI is InChI=1S/C12H10Br2O2S2/c1-11(15)5-3-7(13)17-9(5)10-6(12(11,2)16)4-8(14)18-10/h3-4,15-16H,1-2H3. The van der Waals surface area contributed by atoms with Crippen LogP contribution in [0.2, 0.25) is 0 Å². The minimum absolute atomic E-state index is 0.784. The molecular weight excluding hydrogens is 400 g/mol. The van der Waals surface area contributed by atoms with E-state index in [0.717, 1.165) is 28.5 Å². The van der Waals surface area contributed by atoms with Crippen LogP contribution in [0.4, 0.5) is 0 Å². The number of aliphatic hydroxyl groups is 2. The van der Waals surface area contributed by atoms with E-state index in [9.17, 15) is 10.2 Å². The highest BCUT2D eigenvalue weighted by atomic mass is 79.9. The normalized spacial score (nSPS) is 30.1. The Hall–Kier alpha value is 0.280. The van der Waals surface area contributed by atoms with Gasteiger partial charge in [0.25, 0.3) is 0 Å². The van der Waals surface area contributed by atoms with Gasteiger partial charge in [-0.25, -0.2) is 0 Å². The van der Waals surface area contributed by atoms with Crippen molar-refractivity contribution in [2.24, 2.45) is 0 Å². The molecule has 0 spiro atoms. The Labute approximate surface area is 130 Å². The van der Waals surface area contributed by atoms with Crippen LogP contribution in [-0.2, 0) is 11.2 Å². The largest absolute Gasteiger partial charge is 0.382 e. The van der Waals surface area contributed by atoms with Crippen molar-refractivity contribution in [1.82, 2.24) is 0 Å². The Balaban J connectivity index is 2.42. The van der Waals surface area contributed by atoms with E-state index >= 15 is 0 Å². The molecule has 0 aliphatic heterocycles. The maximum atomic E-state index is 10.7. The summed E-state index contributed by atoms with van der Waals surface area (Å²) in [6.07, 6.45) is 0. The van der Waals surface area contributed by atoms with Gasteiger partial charge in [-0.3, -0.25) is 0 Å². The van der Waals surface area contributed by atoms with Gasteiger partial charge < -0.3 is 10.2 Å². The van der Waals surface area contributed by atoms with E-state index in [1.165, 1.54) is 0 Å². The topological polar surface area (TPSA) is 40.5 Å². The summed E-state index contributed by atoms with van der Waals surface area (Å²) in [4.78, 5) is 2.06. The molecule has 0 radical (unpaired) electrons. The van der Waals surface area contributed by atoms with Gasteiger partial charge in [-0.15, -0.1) is 22.7 Å². The van der Waals surface area contributed by atoms with Crippen molar-refractivity contribution in [2.75, 3.05) is 0 Å². The highest BCUT2D eigenvalue weighted by Crippen LogP contribution is 2.57. The van der Waals surface area contributed by atoms with Crippen molar-refractivity contribution in [3.05, 3.63) is 30.8 Å². The third-order valence-corrected chi connectivity index (χ3v) is 7.05. The molecule has 1 aliphatic carbocycles. The first kappa shape index (κ1) is 13.3. The van der Waals surface area contributed by atoms with Gasteiger partial charge in [-0.2, -0.15) is 0 Å². The number of fused-ring (bicyclic) bond motifs is 3. The highest BCUT2D eigenvalue weighted by molar-refractivity contribution is 9.11. The second kappa shape index (κ2) is 3.90. The Morgan fingerprint density at radius 2 is 1.22 bits per heavy atom. The van der Waals surface area contributed by atoms with Gasteiger partial charge in [0.15, 0.2) is 0 Å². The van der Waals surface area contributed by atoms with Gasteiger partial charge >= 0.3 is 0 Å². The van der Waals surface area contributed by atoms with E-state index < -0.39 is 11.2 Å². The van der Waals surface area contributed by atoms with E-state index in [-0.39, 0.29) is 0 Å². The fraction of sp³-hybridized carbons (Fsp3) is 0.333. The van der Waals surface area contributed by atoms with Crippen LogP contribution in [0.25, 0.3) is 9.75 Å². The van der Waals surface area contributed by atoms with Crippen LogP contribution in [0.1, 0.15) is 25.0 Å². The first-order chi connectivity index (χ1) is 8.25. The predicted molar refractivity (Wildman–Crippen MR) is 82.2 cm³/mol. The molecule has 2 N–H and O–H groups in total. The van der Waals surface area contributed by atoms with Crippen molar-refractivity contribution < 1.29 is 10.2 Å². The monoisotopic (exact) mass is 408 g/mol. The second-order valence-corrected chi connectivity index (χ2v) is 9.59. The lowest BCUT2D eigenvalue weighted by atomic mass is 9.72. The van der Waals surface area contributed by atoms with Crippen LogP contribution in [0.3, 0.4) is 0 Å². The lowest BCUT2D eigenvalue weighted by Crippen LogP contribution is -2.46. The van der Waals surface area contributed by atoms with Crippen LogP contribution in [0.5, 0.6) is 0 Å². The summed E-state index contributed by atoms with van der Waals surface area (Å²) >= 11 is 10.1. The second-order valence-electron chi connectivity index (χ2n) is 4.73. The van der Waals surface area contributed by atoms with Gasteiger partial charge in [-0.1, -0.05) is 0 Å². The molecule has 0 saturated carbocycles. The third-order valence-electron chi connectivity index (χ3n) is 3.61. The third kappa shape index (κ3) is 1.57. The van der Waals surface area contributed by atoms with Crippen molar-refractivity contribution in [3.8, 4) is 9.75 Å². The van der Waals surface area contributed by atoms with Gasteiger partial charge in [0.05, 0.1) is 17.3 Å². The summed E-state index contributed by atoms with van der Waals surface area (Å²) in [6, 6.07) is 3.79. The summed E-state index contributed by atoms with van der Waals surface area (Å²) in [5, 5.41) is 21.5. The van der Waals surface area contributed by atoms with E-state index in [0.29, 0.717) is 0 Å². The summed E-state index contributed by atoms with van der Waals surface area (Å²) < 4.78 is 1.92. The molecule has 0 saturated heterocycles. The fourth-order valence-corrected chi connectivity index (χ4v) is 5.87. The molecule has 3 rings (SSSR count). The van der Waals surface area contributed by atoms with Crippen LogP contribution in [0.15, 0.2) is 19.7 Å². The summed E-state index contributed by atoms with van der Waals surface area (Å²) in [5.41, 5.74) is -1.02. The quantitative estimate of drug-likeness (QED) is 0.675. The zero-order valence-electron chi connectivity index (χ0n) is 9.62. The molecule has 2 atom stereocenters. The smallest absolute Gasteiger partial charge is 0.121 e. The first-order valence-corrected chi connectivity index (χ1v) is 8.52. The Morgan fingerprint density at radius 1 is 0.889 bits per heavy atom. The molecule has 2 aromatic heterocycles. The van der Waals surface area contributed by atoms with E-state index in [4.69, 9.17) is 0 Å². The SMILES string of the molecule is CC1(O)c2cc(Br)sc2-c2sc(Br)cc2C1(C)O. The number of rotatable bonds is 0. The molecule has 18 heavy (non-hydrogen) atoms. The molecule has 2 heterocycles. The minimum atomic E-state index is -1.29. The van der Waals surface area contributed by atoms with Crippen molar-refractivity contribution in [3.63, 3.8) is 0 Å². The zero-order valence-corrected chi connectivity index (χ0v) is 14.4. The Kier molecular flexibility index (Phi) is 2.87. The molecule has 96 valence electrons. The Bertz CT molecular complexity index is 584. The van der Waals surface area contributed by atoms with E-state index in [2.05, 4.69) is 31.9 Å². The molecule has 6 heteroatoms. The average molecular weight is 410 g/mol. The maximum Gasteiger partial charge on any atom is 0.121 e. The number of hydrogen-bond acceptors (Lipinski definition) is 4. The number of hydrogen-bond donors (Lipinski definition) is 2. The van der Waals surface area contributed by atoms with E-state index in [1.54, 1.807) is 36.5 Å². The van der Waals surface area contributed by atoms with Gasteiger partial charge in [0, 0.05) is 11.1 Å². The number of halogens is 2. The molecule has 0 aromatic carbocycles. The average Bonchev–Trinajstić information content (AvgIpc) is 2.80. The molecule has 0 fully saturated rings. The molecule has 2 nitrogen and oxygen atoms in total. The minimum Gasteiger partial charge on any atom is -0.382 e. The molecule has 0 amide bonds. The van der Waals surface area contributed by atoms with Gasteiger partial charge in [0.1, 0.15) is 11.2 Å². The lowest BCUT2D eigenvalue weighted by molar-refractivity contribution is -0.143. The van der Waals surface area contributed by atoms with Crippen LogP contribution in [-0.4, -0.2) is 10.2 Å². The Morgan fingerprint density at radius 3 is 1.56 bits per heavy atom. The molecule has 0 bridgehead atoms. The summed E-state index contributed by atoms with van der Waals surface area (Å²) in [5.74, 6) is 0. The number of thiophene rings is 2. The van der Waals surface area contributed by atoms with Crippen LogP contribution in [0, 0.1) is 0 Å². The fourth-order valence-electron chi connectivity index (χ4n) is 2.31. The maximum absolute atomic E-state index is 10.7. The van der Waals surface area contributed by atoms with E-state index in [1.807, 2.05) is 12.1 Å². The zero-order chi connectivity index (χ0) is 13.3. The first-order valence-electron chi connectivity index (χ1n) is 5.30. The van der Waals surface area contributed by atoms with Crippen LogP contribution < -0.4 is 0 Å². The molecule has 1 aliphatic rings. The molecule has 2 aromatic rings. The molecular formula is C12H10Br2O2S2. The predicted octanol–water partition coefficient (Wildman–Crippen LogP) is 4.43. The summed E-state index contributed by atoms with van der Waals surface area (Å²) in [6.45, 7) is 3.33. The van der Waals surface area contributed by atoms with Crippen molar-refractivity contribution >= 4 is 54.5 Å². The van der Waals surface area contributed by atoms with Crippen molar-refractivity contribution in [1.29, 1.82) is 0 Å². The van der Waals surface area contributed by atoms with Gasteiger partial charge in [-0.05, 0) is 57.8 Å². The van der Waals surface area contributed by atoms with Crippen molar-refractivity contribution in [2.45, 2.75) is 25.0 Å². The lowest BCUT2D eigenvalue weighted by Gasteiger charge is -2.42. The summed E-state index contributed by atoms with van der Waals surface area (Å²) in [7, 11) is 0. The van der Waals surface area contributed by atoms with Gasteiger partial charge in [0.2, 0.25) is 0 Å².